The summed E-state index contributed by atoms with van der Waals surface area (Å²) >= 11 is 10.2. The third-order valence-electron chi connectivity index (χ3n) is 2.21. The first-order valence-electron chi connectivity index (χ1n) is 4.38. The van der Waals surface area contributed by atoms with Crippen molar-refractivity contribution in [3.63, 3.8) is 0 Å². The number of halogens is 2. The van der Waals surface area contributed by atoms with Crippen LogP contribution < -0.4 is 4.74 Å². The van der Waals surface area contributed by atoms with E-state index in [4.69, 9.17) is 21.4 Å². The number of carboxylic acid groups (broad SMARTS) is 1. The van der Waals surface area contributed by atoms with Gasteiger partial charge in [-0.15, -0.1) is 11.3 Å². The number of carboxylic acids is 1. The van der Waals surface area contributed by atoms with Crippen molar-refractivity contribution in [2.75, 3.05) is 7.11 Å². The molecule has 4 nitrogen and oxygen atoms in total. The summed E-state index contributed by atoms with van der Waals surface area (Å²) in [5.74, 6) is -1.04. The predicted octanol–water partition coefficient (Wildman–Crippen LogP) is 3.73. The maximum Gasteiger partial charge on any atom is 0.347 e. The van der Waals surface area contributed by atoms with Crippen LogP contribution >= 0.6 is 38.9 Å². The highest BCUT2D eigenvalue weighted by atomic mass is 79.9. The van der Waals surface area contributed by atoms with E-state index in [2.05, 4.69) is 15.9 Å². The molecule has 1 aromatic heterocycles. The number of thiophene rings is 1. The van der Waals surface area contributed by atoms with Crippen LogP contribution in [0.15, 0.2) is 10.5 Å². The SMILES string of the molecule is COc1cc(Br)c2sc(C(=O)O)c(Cl)c2c1O. The lowest BCUT2D eigenvalue weighted by molar-refractivity contribution is 0.0702. The van der Waals surface area contributed by atoms with Crippen LogP contribution in [-0.2, 0) is 0 Å². The number of fused-ring (bicyclic) bond motifs is 1. The van der Waals surface area contributed by atoms with Crippen LogP contribution in [0, 0.1) is 0 Å². The first-order valence-corrected chi connectivity index (χ1v) is 6.36. The van der Waals surface area contributed by atoms with E-state index in [1.807, 2.05) is 0 Å². The van der Waals surface area contributed by atoms with Crippen molar-refractivity contribution in [3.05, 3.63) is 20.4 Å². The third kappa shape index (κ3) is 1.86. The van der Waals surface area contributed by atoms with Crippen molar-refractivity contribution in [1.29, 1.82) is 0 Å². The second-order valence-corrected chi connectivity index (χ2v) is 5.42. The molecule has 2 rings (SSSR count). The molecule has 0 radical (unpaired) electrons. The summed E-state index contributed by atoms with van der Waals surface area (Å²) < 4.78 is 6.18. The Morgan fingerprint density at radius 1 is 1.59 bits per heavy atom. The van der Waals surface area contributed by atoms with E-state index in [0.717, 1.165) is 11.3 Å². The smallest absolute Gasteiger partial charge is 0.347 e. The Labute approximate surface area is 114 Å². The zero-order valence-corrected chi connectivity index (χ0v) is 11.6. The van der Waals surface area contributed by atoms with Crippen LogP contribution in [-0.4, -0.2) is 23.3 Å². The second-order valence-electron chi connectivity index (χ2n) is 3.16. The molecule has 0 fully saturated rings. The van der Waals surface area contributed by atoms with Crippen molar-refractivity contribution >= 4 is 54.9 Å². The molecule has 1 aromatic carbocycles. The molecule has 17 heavy (non-hydrogen) atoms. The van der Waals surface area contributed by atoms with E-state index < -0.39 is 5.97 Å². The van der Waals surface area contributed by atoms with Gasteiger partial charge >= 0.3 is 5.97 Å². The lowest BCUT2D eigenvalue weighted by Gasteiger charge is -2.05. The molecular weight excluding hydrogens is 332 g/mol. The van der Waals surface area contributed by atoms with Crippen LogP contribution in [0.3, 0.4) is 0 Å². The van der Waals surface area contributed by atoms with E-state index >= 15 is 0 Å². The third-order valence-corrected chi connectivity index (χ3v) is 4.80. The Bertz CT molecular complexity index is 623. The second kappa shape index (κ2) is 4.36. The summed E-state index contributed by atoms with van der Waals surface area (Å²) in [4.78, 5) is 11.0. The van der Waals surface area contributed by atoms with E-state index in [-0.39, 0.29) is 21.4 Å². The van der Waals surface area contributed by atoms with Crippen molar-refractivity contribution < 1.29 is 19.7 Å². The predicted molar refractivity (Wildman–Crippen MR) is 69.7 cm³/mol. The summed E-state index contributed by atoms with van der Waals surface area (Å²) in [6.07, 6.45) is 0. The summed E-state index contributed by atoms with van der Waals surface area (Å²) in [6, 6.07) is 1.57. The average molecular weight is 338 g/mol. The molecule has 0 aliphatic rings. The highest BCUT2D eigenvalue weighted by Gasteiger charge is 2.22. The monoisotopic (exact) mass is 336 g/mol. The van der Waals surface area contributed by atoms with Crippen LogP contribution in [0.2, 0.25) is 5.02 Å². The fourth-order valence-corrected chi connectivity index (χ4v) is 3.48. The number of methoxy groups -OCH3 is 1. The zero-order valence-electron chi connectivity index (χ0n) is 8.45. The molecular formula is C10H6BrClO4S. The Morgan fingerprint density at radius 3 is 2.76 bits per heavy atom. The number of ether oxygens (including phenoxy) is 1. The molecule has 0 bridgehead atoms. The fourth-order valence-electron chi connectivity index (χ4n) is 1.46. The number of hydrogen-bond acceptors (Lipinski definition) is 4. The van der Waals surface area contributed by atoms with Crippen LogP contribution in [0.25, 0.3) is 10.1 Å². The lowest BCUT2D eigenvalue weighted by Crippen LogP contribution is -1.91. The van der Waals surface area contributed by atoms with Gasteiger partial charge in [-0.2, -0.15) is 0 Å². The summed E-state index contributed by atoms with van der Waals surface area (Å²) in [5.41, 5.74) is 0. The van der Waals surface area contributed by atoms with Gasteiger partial charge in [0.05, 0.1) is 22.2 Å². The number of benzene rings is 1. The summed E-state index contributed by atoms with van der Waals surface area (Å²) in [6.45, 7) is 0. The number of aromatic hydroxyl groups is 1. The van der Waals surface area contributed by atoms with Gasteiger partial charge in [0.1, 0.15) is 4.88 Å². The molecule has 0 spiro atoms. The van der Waals surface area contributed by atoms with Crippen molar-refractivity contribution in [2.45, 2.75) is 0 Å². The topological polar surface area (TPSA) is 66.8 Å². The van der Waals surface area contributed by atoms with Gasteiger partial charge in [-0.1, -0.05) is 11.6 Å². The maximum atomic E-state index is 11.0. The maximum absolute atomic E-state index is 11.0. The number of carbonyl (C=O) groups is 1. The standard InChI is InChI=1S/C10H6BrClO4S/c1-16-4-2-3(11)8-5(7(4)13)6(12)9(17-8)10(14)15/h2,13H,1H3,(H,14,15). The zero-order chi connectivity index (χ0) is 12.7. The normalized spacial score (nSPS) is 10.8. The average Bonchev–Trinajstić information content (AvgIpc) is 2.62. The minimum atomic E-state index is -1.12. The van der Waals surface area contributed by atoms with Gasteiger partial charge in [0, 0.05) is 4.47 Å². The first-order chi connectivity index (χ1) is 7.97. The van der Waals surface area contributed by atoms with Gasteiger partial charge in [0.2, 0.25) is 0 Å². The van der Waals surface area contributed by atoms with E-state index in [0.29, 0.717) is 14.6 Å². The van der Waals surface area contributed by atoms with E-state index in [1.54, 1.807) is 6.07 Å². The highest BCUT2D eigenvalue weighted by Crippen LogP contribution is 2.48. The number of phenolic OH excluding ortho intramolecular Hbond substituents is 1. The molecule has 0 aliphatic heterocycles. The molecule has 0 atom stereocenters. The molecule has 2 aromatic rings. The fraction of sp³-hybridized carbons (Fsp3) is 0.100. The van der Waals surface area contributed by atoms with Crippen molar-refractivity contribution in [1.82, 2.24) is 0 Å². The minimum absolute atomic E-state index is 0.00841. The van der Waals surface area contributed by atoms with Crippen LogP contribution in [0.1, 0.15) is 9.67 Å². The molecule has 7 heteroatoms. The molecule has 0 unspecified atom stereocenters. The van der Waals surface area contributed by atoms with E-state index in [1.165, 1.54) is 7.11 Å². The number of phenols is 1. The first kappa shape index (κ1) is 12.5. The van der Waals surface area contributed by atoms with Gasteiger partial charge in [0.15, 0.2) is 11.5 Å². The molecule has 1 heterocycles. The Hall–Kier alpha value is -0.980. The number of hydrogen-bond donors (Lipinski definition) is 2. The Balaban J connectivity index is 2.92. The van der Waals surface area contributed by atoms with Gasteiger partial charge in [-0.25, -0.2) is 4.79 Å². The largest absolute Gasteiger partial charge is 0.504 e. The van der Waals surface area contributed by atoms with Crippen molar-refractivity contribution in [2.24, 2.45) is 0 Å². The van der Waals surface area contributed by atoms with E-state index in [9.17, 15) is 9.90 Å². The summed E-state index contributed by atoms with van der Waals surface area (Å²) in [5, 5.41) is 19.2. The number of aromatic carboxylic acids is 1. The molecule has 0 saturated heterocycles. The molecule has 0 amide bonds. The molecule has 2 N–H and O–H groups in total. The molecule has 0 aliphatic carbocycles. The quantitative estimate of drug-likeness (QED) is 0.876. The van der Waals surface area contributed by atoms with Gasteiger partial charge in [0.25, 0.3) is 0 Å². The van der Waals surface area contributed by atoms with Gasteiger partial charge < -0.3 is 14.9 Å². The number of rotatable bonds is 2. The van der Waals surface area contributed by atoms with Gasteiger partial charge in [-0.05, 0) is 22.0 Å². The molecule has 0 saturated carbocycles. The highest BCUT2D eigenvalue weighted by molar-refractivity contribution is 9.10. The van der Waals surface area contributed by atoms with Crippen molar-refractivity contribution in [3.8, 4) is 11.5 Å². The molecule has 90 valence electrons. The minimum Gasteiger partial charge on any atom is -0.504 e. The van der Waals surface area contributed by atoms with Crippen LogP contribution in [0.5, 0.6) is 11.5 Å². The van der Waals surface area contributed by atoms with Crippen LogP contribution in [0.4, 0.5) is 0 Å². The van der Waals surface area contributed by atoms with Gasteiger partial charge in [-0.3, -0.25) is 0 Å². The Kier molecular flexibility index (Phi) is 3.20. The lowest BCUT2D eigenvalue weighted by atomic mass is 10.2. The Morgan fingerprint density at radius 2 is 2.24 bits per heavy atom. The summed E-state index contributed by atoms with van der Waals surface area (Å²) in [7, 11) is 1.41.